The molecule has 0 bridgehead atoms. The lowest BCUT2D eigenvalue weighted by molar-refractivity contribution is 1.07. The molecule has 0 aliphatic heterocycles. The molecule has 1 heterocycles. The highest BCUT2D eigenvalue weighted by atomic mass is 127. The third kappa shape index (κ3) is 3.27. The minimum absolute atomic E-state index is 1.21. The summed E-state index contributed by atoms with van der Waals surface area (Å²) in [5, 5.41) is 0. The molecule has 0 saturated heterocycles. The maximum Gasteiger partial charge on any atom is 0.0471 e. The van der Waals surface area contributed by atoms with Gasteiger partial charge in [-0.2, -0.15) is 0 Å². The summed E-state index contributed by atoms with van der Waals surface area (Å²) < 4.78 is 3.39. The van der Waals surface area contributed by atoms with Crippen molar-refractivity contribution in [2.45, 2.75) is 16.7 Å². The molecule has 0 amide bonds. The van der Waals surface area contributed by atoms with E-state index in [4.69, 9.17) is 0 Å². The number of aryl methyl sites for hydroxylation is 1. The molecule has 3 rings (SSSR count). The number of rotatable bonds is 3. The Morgan fingerprint density at radius 2 is 1.60 bits per heavy atom. The Balaban J connectivity index is 1.92. The van der Waals surface area contributed by atoms with Crippen molar-refractivity contribution < 1.29 is 0 Å². The zero-order valence-electron chi connectivity index (χ0n) is 11.1. The molecule has 0 radical (unpaired) electrons. The van der Waals surface area contributed by atoms with Gasteiger partial charge in [0.15, 0.2) is 0 Å². The first-order valence-electron chi connectivity index (χ1n) is 6.39. The van der Waals surface area contributed by atoms with E-state index in [1.807, 2.05) is 12.1 Å². The summed E-state index contributed by atoms with van der Waals surface area (Å²) in [6.45, 7) is 2.12. The van der Waals surface area contributed by atoms with Gasteiger partial charge in [0.2, 0.25) is 0 Å². The van der Waals surface area contributed by atoms with E-state index in [0.717, 1.165) is 0 Å². The number of hydrogen-bond donors (Lipinski definition) is 0. The third-order valence-electron chi connectivity index (χ3n) is 3.02. The fourth-order valence-corrected chi connectivity index (χ4v) is 3.78. The molecule has 1 nitrogen and oxygen atoms in total. The van der Waals surface area contributed by atoms with Crippen LogP contribution in [-0.4, -0.2) is 4.57 Å². The van der Waals surface area contributed by atoms with Gasteiger partial charge in [-0.3, -0.25) is 0 Å². The van der Waals surface area contributed by atoms with Crippen LogP contribution in [0.4, 0.5) is 0 Å². The van der Waals surface area contributed by atoms with E-state index in [2.05, 4.69) is 88.9 Å². The second-order valence-electron chi connectivity index (χ2n) is 4.65. The van der Waals surface area contributed by atoms with Crippen molar-refractivity contribution in [3.8, 4) is 5.69 Å². The van der Waals surface area contributed by atoms with Gasteiger partial charge >= 0.3 is 0 Å². The summed E-state index contributed by atoms with van der Waals surface area (Å²) in [7, 11) is 0. The van der Waals surface area contributed by atoms with Crippen LogP contribution in [0.2, 0.25) is 0 Å². The molecule has 2 aromatic carbocycles. The lowest BCUT2D eigenvalue weighted by Crippen LogP contribution is -1.91. The van der Waals surface area contributed by atoms with Crippen molar-refractivity contribution in [3.05, 3.63) is 76.1 Å². The van der Waals surface area contributed by atoms with Crippen molar-refractivity contribution in [1.29, 1.82) is 0 Å². The van der Waals surface area contributed by atoms with E-state index in [1.165, 1.54) is 24.6 Å². The largest absolute Gasteiger partial charge is 0.324 e. The molecule has 20 heavy (non-hydrogen) atoms. The summed E-state index contributed by atoms with van der Waals surface area (Å²) in [4.78, 5) is 2.54. The molecule has 100 valence electrons. The Kier molecular flexibility index (Phi) is 4.17. The Morgan fingerprint density at radius 3 is 2.30 bits per heavy atom. The van der Waals surface area contributed by atoms with Gasteiger partial charge in [0.25, 0.3) is 0 Å². The first kappa shape index (κ1) is 13.8. The number of benzene rings is 2. The smallest absolute Gasteiger partial charge is 0.0471 e. The van der Waals surface area contributed by atoms with E-state index in [1.54, 1.807) is 11.8 Å². The molecule has 0 N–H and O–H groups in total. The average molecular weight is 391 g/mol. The topological polar surface area (TPSA) is 4.93 Å². The van der Waals surface area contributed by atoms with Crippen molar-refractivity contribution in [3.63, 3.8) is 0 Å². The molecule has 0 spiro atoms. The Labute approximate surface area is 137 Å². The minimum atomic E-state index is 1.21. The van der Waals surface area contributed by atoms with E-state index in [-0.39, 0.29) is 0 Å². The van der Waals surface area contributed by atoms with Crippen molar-refractivity contribution in [2.75, 3.05) is 0 Å². The normalized spacial score (nSPS) is 10.7. The molecule has 3 heteroatoms. The minimum Gasteiger partial charge on any atom is -0.324 e. The first-order valence-corrected chi connectivity index (χ1v) is 8.29. The van der Waals surface area contributed by atoms with Gasteiger partial charge in [0.05, 0.1) is 0 Å². The first-order chi connectivity index (χ1) is 9.70. The highest BCUT2D eigenvalue weighted by Gasteiger charge is 2.03. The molecule has 0 atom stereocenters. The zero-order chi connectivity index (χ0) is 13.9. The van der Waals surface area contributed by atoms with Gasteiger partial charge in [-0.25, -0.2) is 0 Å². The molecule has 0 unspecified atom stereocenters. The van der Waals surface area contributed by atoms with Crippen LogP contribution in [0.3, 0.4) is 0 Å². The number of hydrogen-bond acceptors (Lipinski definition) is 1. The average Bonchev–Trinajstić information content (AvgIpc) is 2.95. The Bertz CT molecular complexity index is 702. The van der Waals surface area contributed by atoms with Crippen LogP contribution >= 0.6 is 34.4 Å². The summed E-state index contributed by atoms with van der Waals surface area (Å²) in [5.74, 6) is 0. The van der Waals surface area contributed by atoms with Crippen LogP contribution in [-0.2, 0) is 0 Å². The summed E-state index contributed by atoms with van der Waals surface area (Å²) >= 11 is 4.18. The van der Waals surface area contributed by atoms with E-state index >= 15 is 0 Å². The second kappa shape index (κ2) is 6.06. The molecular weight excluding hydrogens is 377 g/mol. The van der Waals surface area contributed by atoms with Crippen LogP contribution < -0.4 is 0 Å². The van der Waals surface area contributed by atoms with Crippen LogP contribution in [0.1, 0.15) is 5.56 Å². The van der Waals surface area contributed by atoms with Crippen LogP contribution in [0.25, 0.3) is 5.69 Å². The van der Waals surface area contributed by atoms with Crippen molar-refractivity contribution >= 4 is 34.4 Å². The summed E-state index contributed by atoms with van der Waals surface area (Å²) in [6, 6.07) is 19.4. The summed E-state index contributed by atoms with van der Waals surface area (Å²) in [5.41, 5.74) is 2.50. The molecule has 1 aromatic heterocycles. The zero-order valence-corrected chi connectivity index (χ0v) is 14.1. The lowest BCUT2D eigenvalue weighted by atomic mass is 10.2. The molecule has 0 fully saturated rings. The van der Waals surface area contributed by atoms with Crippen LogP contribution in [0.15, 0.2) is 76.8 Å². The predicted molar refractivity (Wildman–Crippen MR) is 93.8 cm³/mol. The fraction of sp³-hybridized carbons (Fsp3) is 0.0588. The fourth-order valence-electron chi connectivity index (χ4n) is 2.00. The Hall–Kier alpha value is -1.20. The van der Waals surface area contributed by atoms with Gasteiger partial charge in [-0.15, -0.1) is 0 Å². The van der Waals surface area contributed by atoms with Crippen LogP contribution in [0.5, 0.6) is 0 Å². The van der Waals surface area contributed by atoms with Crippen LogP contribution in [0, 0.1) is 10.5 Å². The highest BCUT2D eigenvalue weighted by molar-refractivity contribution is 14.1. The van der Waals surface area contributed by atoms with Crippen molar-refractivity contribution in [2.24, 2.45) is 0 Å². The van der Waals surface area contributed by atoms with E-state index in [0.29, 0.717) is 0 Å². The highest BCUT2D eigenvalue weighted by Crippen LogP contribution is 2.30. The third-order valence-corrected chi connectivity index (χ3v) is 4.62. The maximum atomic E-state index is 2.38. The maximum absolute atomic E-state index is 2.38. The standard InChI is InChI=1S/C17H14INS/c1-13-4-6-16(7-5-13)20-17-11-14(18)10-15(12-17)19-8-2-3-9-19/h2-12H,1H3. The monoisotopic (exact) mass is 391 g/mol. The van der Waals surface area contributed by atoms with E-state index < -0.39 is 0 Å². The number of aromatic nitrogens is 1. The number of nitrogens with zero attached hydrogens (tertiary/aromatic N) is 1. The number of halogens is 1. The molecule has 0 aliphatic carbocycles. The molecule has 0 saturated carbocycles. The second-order valence-corrected chi connectivity index (χ2v) is 7.04. The molecular formula is C17H14INS. The molecule has 0 aliphatic rings. The summed E-state index contributed by atoms with van der Waals surface area (Å²) in [6.07, 6.45) is 4.15. The van der Waals surface area contributed by atoms with Gasteiger partial charge in [0.1, 0.15) is 0 Å². The van der Waals surface area contributed by atoms with Gasteiger partial charge in [-0.1, -0.05) is 29.5 Å². The Morgan fingerprint density at radius 1 is 0.900 bits per heavy atom. The van der Waals surface area contributed by atoms with Gasteiger partial charge in [0, 0.05) is 31.4 Å². The molecule has 3 aromatic rings. The predicted octanol–water partition coefficient (Wildman–Crippen LogP) is 5.54. The van der Waals surface area contributed by atoms with E-state index in [9.17, 15) is 0 Å². The quantitative estimate of drug-likeness (QED) is 0.531. The van der Waals surface area contributed by atoms with Crippen molar-refractivity contribution in [1.82, 2.24) is 4.57 Å². The lowest BCUT2D eigenvalue weighted by Gasteiger charge is -2.08. The van der Waals surface area contributed by atoms with Gasteiger partial charge < -0.3 is 4.57 Å². The van der Waals surface area contributed by atoms with Gasteiger partial charge in [-0.05, 0) is 72.0 Å². The SMILES string of the molecule is Cc1ccc(Sc2cc(I)cc(-n3cccc3)c2)cc1.